The van der Waals surface area contributed by atoms with Crippen molar-refractivity contribution < 1.29 is 22.7 Å². The molecule has 1 amide bonds. The first-order valence-corrected chi connectivity index (χ1v) is 11.9. The van der Waals surface area contributed by atoms with Gasteiger partial charge in [0.25, 0.3) is 0 Å². The van der Waals surface area contributed by atoms with Crippen LogP contribution in [-0.2, 0) is 24.0 Å². The van der Waals surface area contributed by atoms with Gasteiger partial charge in [0.1, 0.15) is 6.61 Å². The Morgan fingerprint density at radius 3 is 2.56 bits per heavy atom. The zero-order chi connectivity index (χ0) is 25.7. The Balaban J connectivity index is 1.38. The highest BCUT2D eigenvalue weighted by Crippen LogP contribution is 2.35. The lowest BCUT2D eigenvalue weighted by atomic mass is 10.1. The van der Waals surface area contributed by atoms with Gasteiger partial charge in [-0.05, 0) is 61.6 Å². The molecule has 4 aromatic carbocycles. The van der Waals surface area contributed by atoms with Crippen molar-refractivity contribution in [2.24, 2.45) is 5.10 Å². The second kappa shape index (κ2) is 11.1. The molecule has 4 aromatic rings. The van der Waals surface area contributed by atoms with E-state index in [1.807, 2.05) is 42.5 Å². The molecule has 1 N–H and O–H groups in total. The average molecular weight is 576 g/mol. The van der Waals surface area contributed by atoms with E-state index in [9.17, 15) is 18.0 Å². The van der Waals surface area contributed by atoms with Crippen molar-refractivity contribution >= 4 is 50.4 Å². The van der Waals surface area contributed by atoms with Crippen LogP contribution in [0.15, 0.2) is 88.4 Å². The summed E-state index contributed by atoms with van der Waals surface area (Å²) in [6.07, 6.45) is -3.33. The van der Waals surface area contributed by atoms with Gasteiger partial charge in [0, 0.05) is 0 Å². The molecule has 0 unspecified atom stereocenters. The van der Waals surface area contributed by atoms with Crippen molar-refractivity contribution in [2.45, 2.75) is 19.2 Å². The number of carbonyl (C=O) groups excluding carboxylic acids is 1. The highest BCUT2D eigenvalue weighted by Gasteiger charge is 2.30. The zero-order valence-electron chi connectivity index (χ0n) is 18.7. The quantitative estimate of drug-likeness (QED) is 0.183. The molecule has 0 aliphatic rings. The Hall–Kier alpha value is -3.36. The van der Waals surface area contributed by atoms with E-state index < -0.39 is 17.6 Å². The van der Waals surface area contributed by atoms with Crippen molar-refractivity contribution in [1.29, 1.82) is 0 Å². The number of benzene rings is 4. The molecule has 0 bridgehead atoms. The highest BCUT2D eigenvalue weighted by atomic mass is 79.9. The second-order valence-electron chi connectivity index (χ2n) is 7.91. The van der Waals surface area contributed by atoms with Gasteiger partial charge >= 0.3 is 6.18 Å². The summed E-state index contributed by atoms with van der Waals surface area (Å²) in [4.78, 5) is 12.1. The van der Waals surface area contributed by atoms with Crippen LogP contribution in [0.3, 0.4) is 0 Å². The predicted molar refractivity (Wildman–Crippen MR) is 138 cm³/mol. The minimum atomic E-state index is -4.47. The van der Waals surface area contributed by atoms with E-state index in [0.29, 0.717) is 27.4 Å². The fraction of sp³-hybridized carbons (Fsp3) is 0.111. The minimum absolute atomic E-state index is 0.232. The molecule has 184 valence electrons. The Labute approximate surface area is 218 Å². The number of hydrogen-bond acceptors (Lipinski definition) is 3. The molecule has 0 aliphatic heterocycles. The van der Waals surface area contributed by atoms with Crippen molar-refractivity contribution in [3.05, 3.63) is 111 Å². The van der Waals surface area contributed by atoms with E-state index in [2.05, 4.69) is 26.5 Å². The second-order valence-corrected chi connectivity index (χ2v) is 9.17. The molecule has 9 heteroatoms. The predicted octanol–water partition coefficient (Wildman–Crippen LogP) is 7.55. The van der Waals surface area contributed by atoms with Gasteiger partial charge < -0.3 is 4.74 Å². The third-order valence-electron chi connectivity index (χ3n) is 5.29. The van der Waals surface area contributed by atoms with Crippen molar-refractivity contribution in [1.82, 2.24) is 5.43 Å². The van der Waals surface area contributed by atoms with Crippen LogP contribution in [0.5, 0.6) is 5.75 Å². The molecule has 0 spiro atoms. The molecule has 0 radical (unpaired) electrons. The molecule has 0 aromatic heterocycles. The van der Waals surface area contributed by atoms with Gasteiger partial charge in [-0.3, -0.25) is 4.79 Å². The number of ether oxygens (including phenoxy) is 1. The van der Waals surface area contributed by atoms with Crippen LogP contribution in [0.4, 0.5) is 13.2 Å². The number of hydrazone groups is 1. The summed E-state index contributed by atoms with van der Waals surface area (Å²) in [6, 6.07) is 22.0. The summed E-state index contributed by atoms with van der Waals surface area (Å²) in [6.45, 7) is 0.318. The molecule has 36 heavy (non-hydrogen) atoms. The number of fused-ring (bicyclic) bond motifs is 1. The largest absolute Gasteiger partial charge is 0.486 e. The number of halogens is 5. The number of nitrogens with zero attached hydrogens (tertiary/aromatic N) is 1. The lowest BCUT2D eigenvalue weighted by Gasteiger charge is -2.12. The molecule has 0 saturated carbocycles. The van der Waals surface area contributed by atoms with E-state index in [0.717, 1.165) is 28.5 Å². The first-order chi connectivity index (χ1) is 17.2. The number of amides is 1. The number of hydrogen-bond donors (Lipinski definition) is 1. The van der Waals surface area contributed by atoms with Gasteiger partial charge in [-0.25, -0.2) is 5.43 Å². The summed E-state index contributed by atoms with van der Waals surface area (Å²) in [7, 11) is 0. The Morgan fingerprint density at radius 2 is 1.78 bits per heavy atom. The monoisotopic (exact) mass is 574 g/mol. The molecule has 0 atom stereocenters. The van der Waals surface area contributed by atoms with Gasteiger partial charge in [0.15, 0.2) is 5.75 Å². The topological polar surface area (TPSA) is 50.7 Å². The maximum absolute atomic E-state index is 12.8. The van der Waals surface area contributed by atoms with E-state index >= 15 is 0 Å². The van der Waals surface area contributed by atoms with Crippen LogP contribution in [0.25, 0.3) is 10.8 Å². The summed E-state index contributed by atoms with van der Waals surface area (Å²) >= 11 is 9.88. The fourth-order valence-electron chi connectivity index (χ4n) is 3.62. The maximum Gasteiger partial charge on any atom is 0.416 e. The molecular formula is C27H19BrClF3N2O2. The summed E-state index contributed by atoms with van der Waals surface area (Å²) in [5, 5.41) is 6.44. The lowest BCUT2D eigenvalue weighted by Crippen LogP contribution is -2.20. The first-order valence-electron chi connectivity index (χ1n) is 10.8. The Morgan fingerprint density at radius 1 is 1.03 bits per heavy atom. The van der Waals surface area contributed by atoms with E-state index in [1.165, 1.54) is 18.3 Å². The van der Waals surface area contributed by atoms with E-state index in [-0.39, 0.29) is 12.0 Å². The van der Waals surface area contributed by atoms with Crippen LogP contribution in [-0.4, -0.2) is 12.1 Å². The third kappa shape index (κ3) is 6.44. The molecule has 0 aliphatic carbocycles. The fourth-order valence-corrected chi connectivity index (χ4v) is 4.61. The lowest BCUT2D eigenvalue weighted by molar-refractivity contribution is -0.137. The molecule has 0 fully saturated rings. The van der Waals surface area contributed by atoms with Gasteiger partial charge in [-0.1, -0.05) is 72.3 Å². The summed E-state index contributed by atoms with van der Waals surface area (Å²) in [5.74, 6) is -0.0823. The van der Waals surface area contributed by atoms with Crippen LogP contribution in [0.1, 0.15) is 22.3 Å². The number of carbonyl (C=O) groups is 1. The first kappa shape index (κ1) is 25.7. The summed E-state index contributed by atoms with van der Waals surface area (Å²) < 4.78 is 45.1. The number of alkyl halides is 3. The van der Waals surface area contributed by atoms with Crippen molar-refractivity contribution in [3.63, 3.8) is 0 Å². The molecule has 4 rings (SSSR count). The van der Waals surface area contributed by atoms with Gasteiger partial charge in [-0.2, -0.15) is 18.3 Å². The molecule has 0 heterocycles. The molecule has 4 nitrogen and oxygen atoms in total. The van der Waals surface area contributed by atoms with Crippen LogP contribution >= 0.6 is 27.5 Å². The van der Waals surface area contributed by atoms with Crippen molar-refractivity contribution in [2.75, 3.05) is 0 Å². The van der Waals surface area contributed by atoms with Gasteiger partial charge in [0.2, 0.25) is 5.91 Å². The van der Waals surface area contributed by atoms with Gasteiger partial charge in [-0.15, -0.1) is 0 Å². The Bertz CT molecular complexity index is 1410. The Kier molecular flexibility index (Phi) is 7.96. The normalized spacial score (nSPS) is 11.7. The molecule has 0 saturated heterocycles. The smallest absolute Gasteiger partial charge is 0.416 e. The van der Waals surface area contributed by atoms with Crippen molar-refractivity contribution in [3.8, 4) is 5.75 Å². The summed E-state index contributed by atoms with van der Waals surface area (Å²) in [5.41, 5.74) is 3.35. The third-order valence-corrected chi connectivity index (χ3v) is 6.16. The van der Waals surface area contributed by atoms with E-state index in [1.54, 1.807) is 12.1 Å². The highest BCUT2D eigenvalue weighted by molar-refractivity contribution is 9.10. The molecular weight excluding hydrogens is 557 g/mol. The van der Waals surface area contributed by atoms with Crippen LogP contribution in [0.2, 0.25) is 5.02 Å². The van der Waals surface area contributed by atoms with E-state index in [4.69, 9.17) is 16.3 Å². The minimum Gasteiger partial charge on any atom is -0.486 e. The number of nitrogens with one attached hydrogen (secondary N) is 1. The van der Waals surface area contributed by atoms with Gasteiger partial charge in [0.05, 0.1) is 27.7 Å². The van der Waals surface area contributed by atoms with Crippen LogP contribution < -0.4 is 10.2 Å². The standard InChI is InChI=1S/C27H19BrClF3N2O2/c28-23-12-18(15-33-34-25(35)14-17-5-3-9-21(11-17)27(30,31)32)13-24(29)26(23)36-16-20-8-4-7-19-6-1-2-10-22(19)20/h1-13,15H,14,16H2,(H,34,35)/b33-15+. The zero-order valence-corrected chi connectivity index (χ0v) is 21.0. The number of rotatable bonds is 7. The SMILES string of the molecule is O=C(Cc1cccc(C(F)(F)F)c1)N/N=C/c1cc(Cl)c(OCc2cccc3ccccc23)c(Br)c1. The average Bonchev–Trinajstić information content (AvgIpc) is 2.83. The van der Waals surface area contributed by atoms with Crippen LogP contribution in [0, 0.1) is 0 Å². The maximum atomic E-state index is 12.8.